The standard InChI is InChI=1S/C24H20N2O3/c1-28-21-14-8-9-17(23(21)29-2)15-16-22-25-20-13-7-6-12-19(20)24(27)26(22)18-10-4-3-5-11-18/h3-16H,1-2H3/b16-15+. The van der Waals surface area contributed by atoms with Crippen molar-refractivity contribution in [3.63, 3.8) is 0 Å². The van der Waals surface area contributed by atoms with Crippen molar-refractivity contribution in [2.24, 2.45) is 0 Å². The number of hydrogen-bond donors (Lipinski definition) is 0. The molecular weight excluding hydrogens is 364 g/mol. The lowest BCUT2D eigenvalue weighted by Crippen LogP contribution is -2.22. The van der Waals surface area contributed by atoms with Crippen LogP contribution >= 0.6 is 0 Å². The summed E-state index contributed by atoms with van der Waals surface area (Å²) in [6.07, 6.45) is 3.69. The van der Waals surface area contributed by atoms with Gasteiger partial charge < -0.3 is 9.47 Å². The van der Waals surface area contributed by atoms with Gasteiger partial charge in [0.05, 0.1) is 30.8 Å². The van der Waals surface area contributed by atoms with E-state index in [2.05, 4.69) is 0 Å². The lowest BCUT2D eigenvalue weighted by Gasteiger charge is -2.12. The normalized spacial score (nSPS) is 11.1. The first kappa shape index (κ1) is 18.5. The maximum atomic E-state index is 13.2. The molecule has 0 bridgehead atoms. The largest absolute Gasteiger partial charge is 0.493 e. The molecule has 29 heavy (non-hydrogen) atoms. The van der Waals surface area contributed by atoms with Crippen molar-refractivity contribution < 1.29 is 9.47 Å². The van der Waals surface area contributed by atoms with Crippen LogP contribution in [0.15, 0.2) is 77.6 Å². The van der Waals surface area contributed by atoms with Crippen LogP contribution in [0.1, 0.15) is 11.4 Å². The van der Waals surface area contributed by atoms with Gasteiger partial charge in [0.2, 0.25) is 0 Å². The molecule has 0 N–H and O–H groups in total. The van der Waals surface area contributed by atoms with Crippen molar-refractivity contribution in [1.29, 1.82) is 0 Å². The Bertz CT molecular complexity index is 1240. The van der Waals surface area contributed by atoms with E-state index in [4.69, 9.17) is 14.5 Å². The molecule has 5 nitrogen and oxygen atoms in total. The van der Waals surface area contributed by atoms with Crippen molar-refractivity contribution in [3.8, 4) is 17.2 Å². The maximum Gasteiger partial charge on any atom is 0.266 e. The van der Waals surface area contributed by atoms with E-state index in [0.717, 1.165) is 11.3 Å². The molecule has 3 aromatic carbocycles. The maximum absolute atomic E-state index is 13.2. The molecule has 0 spiro atoms. The van der Waals surface area contributed by atoms with Crippen molar-refractivity contribution in [1.82, 2.24) is 9.55 Å². The Hall–Kier alpha value is -3.86. The predicted octanol–water partition coefficient (Wildman–Crippen LogP) is 4.57. The van der Waals surface area contributed by atoms with E-state index in [1.165, 1.54) is 0 Å². The first-order valence-electron chi connectivity index (χ1n) is 9.19. The molecule has 1 heterocycles. The average Bonchev–Trinajstić information content (AvgIpc) is 2.78. The van der Waals surface area contributed by atoms with Crippen LogP contribution in [0.3, 0.4) is 0 Å². The summed E-state index contributed by atoms with van der Waals surface area (Å²) in [4.78, 5) is 18.0. The van der Waals surface area contributed by atoms with Gasteiger partial charge in [0.25, 0.3) is 5.56 Å². The molecule has 0 aliphatic rings. The van der Waals surface area contributed by atoms with Crippen molar-refractivity contribution in [2.75, 3.05) is 14.2 Å². The zero-order valence-corrected chi connectivity index (χ0v) is 16.2. The molecule has 4 aromatic rings. The zero-order valence-electron chi connectivity index (χ0n) is 16.2. The van der Waals surface area contributed by atoms with Crippen molar-refractivity contribution >= 4 is 23.1 Å². The van der Waals surface area contributed by atoms with E-state index in [1.54, 1.807) is 24.9 Å². The highest BCUT2D eigenvalue weighted by Crippen LogP contribution is 2.32. The first-order chi connectivity index (χ1) is 14.2. The van der Waals surface area contributed by atoms with E-state index >= 15 is 0 Å². The molecule has 0 aliphatic carbocycles. The van der Waals surface area contributed by atoms with Crippen LogP contribution in [0, 0.1) is 0 Å². The number of nitrogens with zero attached hydrogens (tertiary/aromatic N) is 2. The molecule has 5 heteroatoms. The van der Waals surface area contributed by atoms with Crippen LogP contribution < -0.4 is 15.0 Å². The minimum Gasteiger partial charge on any atom is -0.493 e. The Morgan fingerprint density at radius 3 is 2.34 bits per heavy atom. The number of hydrogen-bond acceptors (Lipinski definition) is 4. The lowest BCUT2D eigenvalue weighted by atomic mass is 10.1. The van der Waals surface area contributed by atoms with E-state index in [-0.39, 0.29) is 5.56 Å². The summed E-state index contributed by atoms with van der Waals surface area (Å²) in [5.41, 5.74) is 2.13. The zero-order chi connectivity index (χ0) is 20.2. The predicted molar refractivity (Wildman–Crippen MR) is 116 cm³/mol. The van der Waals surface area contributed by atoms with E-state index < -0.39 is 0 Å². The fourth-order valence-corrected chi connectivity index (χ4v) is 3.30. The lowest BCUT2D eigenvalue weighted by molar-refractivity contribution is 0.354. The smallest absolute Gasteiger partial charge is 0.266 e. The molecule has 144 valence electrons. The summed E-state index contributed by atoms with van der Waals surface area (Å²) in [6, 6.07) is 22.5. The Labute approximate surface area is 168 Å². The van der Waals surface area contributed by atoms with Gasteiger partial charge in [-0.3, -0.25) is 9.36 Å². The third-order valence-electron chi connectivity index (χ3n) is 4.66. The van der Waals surface area contributed by atoms with E-state index in [0.29, 0.717) is 28.2 Å². The SMILES string of the molecule is COc1cccc(/C=C/c2nc3ccccc3c(=O)n2-c2ccccc2)c1OC. The third-order valence-corrected chi connectivity index (χ3v) is 4.66. The first-order valence-corrected chi connectivity index (χ1v) is 9.19. The summed E-state index contributed by atoms with van der Waals surface area (Å²) in [7, 11) is 3.20. The highest BCUT2D eigenvalue weighted by atomic mass is 16.5. The molecule has 1 aromatic heterocycles. The minimum atomic E-state index is -0.112. The summed E-state index contributed by atoms with van der Waals surface area (Å²) >= 11 is 0. The third kappa shape index (κ3) is 3.50. The van der Waals surface area contributed by atoms with Gasteiger partial charge in [0, 0.05) is 5.56 Å². The number of para-hydroxylation sites is 3. The summed E-state index contributed by atoms with van der Waals surface area (Å²) < 4.78 is 12.5. The second kappa shape index (κ2) is 8.02. The second-order valence-corrected chi connectivity index (χ2v) is 6.38. The molecule has 0 atom stereocenters. The number of rotatable bonds is 5. The summed E-state index contributed by atoms with van der Waals surface area (Å²) in [5, 5.41) is 0.576. The Kier molecular flexibility index (Phi) is 5.12. The van der Waals surface area contributed by atoms with E-state index in [1.807, 2.05) is 78.9 Å². The van der Waals surface area contributed by atoms with Gasteiger partial charge in [-0.05, 0) is 42.5 Å². The number of ether oxygens (including phenoxy) is 2. The Morgan fingerprint density at radius 1 is 0.828 bits per heavy atom. The van der Waals surface area contributed by atoms with Gasteiger partial charge in [-0.15, -0.1) is 0 Å². The quantitative estimate of drug-likeness (QED) is 0.506. The molecule has 0 radical (unpaired) electrons. The highest BCUT2D eigenvalue weighted by molar-refractivity contribution is 5.80. The Balaban J connectivity index is 1.92. The van der Waals surface area contributed by atoms with Crippen LogP contribution in [0.2, 0.25) is 0 Å². The monoisotopic (exact) mass is 384 g/mol. The molecule has 4 rings (SSSR count). The van der Waals surface area contributed by atoms with Gasteiger partial charge in [-0.25, -0.2) is 4.98 Å². The van der Waals surface area contributed by atoms with Gasteiger partial charge in [0.1, 0.15) is 5.82 Å². The Morgan fingerprint density at radius 2 is 1.59 bits per heavy atom. The molecule has 0 fully saturated rings. The average molecular weight is 384 g/mol. The molecular formula is C24H20N2O3. The number of aromatic nitrogens is 2. The van der Waals surface area contributed by atoms with Crippen molar-refractivity contribution in [2.45, 2.75) is 0 Å². The van der Waals surface area contributed by atoms with E-state index in [9.17, 15) is 4.79 Å². The fourth-order valence-electron chi connectivity index (χ4n) is 3.30. The van der Waals surface area contributed by atoms with Crippen LogP contribution in [-0.2, 0) is 0 Å². The van der Waals surface area contributed by atoms with Crippen LogP contribution in [-0.4, -0.2) is 23.8 Å². The summed E-state index contributed by atoms with van der Waals surface area (Å²) in [5.74, 6) is 1.80. The van der Waals surface area contributed by atoms with Crippen LogP contribution in [0.25, 0.3) is 28.7 Å². The van der Waals surface area contributed by atoms with Gasteiger partial charge >= 0.3 is 0 Å². The highest BCUT2D eigenvalue weighted by Gasteiger charge is 2.12. The van der Waals surface area contributed by atoms with Gasteiger partial charge in [0.15, 0.2) is 11.5 Å². The van der Waals surface area contributed by atoms with Gasteiger partial charge in [-0.1, -0.05) is 42.5 Å². The molecule has 0 aliphatic heterocycles. The fraction of sp³-hybridized carbons (Fsp3) is 0.0833. The second-order valence-electron chi connectivity index (χ2n) is 6.38. The topological polar surface area (TPSA) is 53.3 Å². The molecule has 0 saturated heterocycles. The van der Waals surface area contributed by atoms with Gasteiger partial charge in [-0.2, -0.15) is 0 Å². The number of benzene rings is 3. The number of fused-ring (bicyclic) bond motifs is 1. The molecule has 0 unspecified atom stereocenters. The van der Waals surface area contributed by atoms with Crippen LogP contribution in [0.4, 0.5) is 0 Å². The van der Waals surface area contributed by atoms with Crippen LogP contribution in [0.5, 0.6) is 11.5 Å². The van der Waals surface area contributed by atoms with Crippen molar-refractivity contribution in [3.05, 3.63) is 94.5 Å². The summed E-state index contributed by atoms with van der Waals surface area (Å²) in [6.45, 7) is 0. The number of methoxy groups -OCH3 is 2. The molecule has 0 saturated carbocycles. The molecule has 0 amide bonds. The minimum absolute atomic E-state index is 0.112.